The van der Waals surface area contributed by atoms with Crippen molar-refractivity contribution in [3.63, 3.8) is 0 Å². The van der Waals surface area contributed by atoms with E-state index in [-0.39, 0.29) is 18.4 Å². The van der Waals surface area contributed by atoms with Crippen molar-refractivity contribution in [1.29, 1.82) is 0 Å². The summed E-state index contributed by atoms with van der Waals surface area (Å²) in [5.41, 5.74) is 5.26. The number of rotatable bonds is 6. The molecule has 0 aliphatic rings. The standard InChI is InChI=1S/C24H25N3O2/c1-17-9-14-22(18(2)15-17)25-16-23(28)26-20-12-10-19(11-13-20)24(29)27(3)21-7-5-4-6-8-21/h4-15,25H,16H2,1-3H3,(H,26,28). The highest BCUT2D eigenvalue weighted by atomic mass is 16.2. The normalized spacial score (nSPS) is 10.3. The Morgan fingerprint density at radius 1 is 0.897 bits per heavy atom. The molecule has 0 aliphatic carbocycles. The van der Waals surface area contributed by atoms with E-state index in [4.69, 9.17) is 0 Å². The van der Waals surface area contributed by atoms with Crippen molar-refractivity contribution in [2.75, 3.05) is 29.1 Å². The number of hydrogen-bond acceptors (Lipinski definition) is 3. The van der Waals surface area contributed by atoms with Crippen molar-refractivity contribution < 1.29 is 9.59 Å². The molecule has 29 heavy (non-hydrogen) atoms. The average Bonchev–Trinajstić information content (AvgIpc) is 2.73. The van der Waals surface area contributed by atoms with E-state index >= 15 is 0 Å². The van der Waals surface area contributed by atoms with E-state index < -0.39 is 0 Å². The molecule has 148 valence electrons. The number of carbonyl (C=O) groups is 2. The van der Waals surface area contributed by atoms with Crippen molar-refractivity contribution in [1.82, 2.24) is 0 Å². The molecule has 0 saturated carbocycles. The molecule has 5 nitrogen and oxygen atoms in total. The second kappa shape index (κ2) is 9.06. The molecular formula is C24H25N3O2. The first kappa shape index (κ1) is 20.1. The number of hydrogen-bond donors (Lipinski definition) is 2. The zero-order valence-electron chi connectivity index (χ0n) is 16.9. The molecule has 0 spiro atoms. The van der Waals surface area contributed by atoms with Gasteiger partial charge in [-0.1, -0.05) is 35.9 Å². The van der Waals surface area contributed by atoms with Crippen LogP contribution >= 0.6 is 0 Å². The third kappa shape index (κ3) is 5.23. The van der Waals surface area contributed by atoms with Crippen LogP contribution in [0.15, 0.2) is 72.8 Å². The average molecular weight is 387 g/mol. The molecule has 3 aromatic carbocycles. The second-order valence-corrected chi connectivity index (χ2v) is 7.00. The summed E-state index contributed by atoms with van der Waals surface area (Å²) in [6, 6.07) is 22.4. The fraction of sp³-hybridized carbons (Fsp3) is 0.167. The first-order chi connectivity index (χ1) is 13.9. The molecule has 3 rings (SSSR count). The van der Waals surface area contributed by atoms with E-state index in [1.165, 1.54) is 5.56 Å². The molecule has 2 amide bonds. The van der Waals surface area contributed by atoms with Crippen molar-refractivity contribution >= 4 is 28.9 Å². The maximum Gasteiger partial charge on any atom is 0.258 e. The molecule has 5 heteroatoms. The van der Waals surface area contributed by atoms with E-state index in [1.54, 1.807) is 36.2 Å². The number of aryl methyl sites for hydroxylation is 2. The number of carbonyl (C=O) groups excluding carboxylic acids is 2. The third-order valence-corrected chi connectivity index (χ3v) is 4.69. The van der Waals surface area contributed by atoms with Gasteiger partial charge in [-0.15, -0.1) is 0 Å². The minimum Gasteiger partial charge on any atom is -0.376 e. The molecule has 0 unspecified atom stereocenters. The Hall–Kier alpha value is -3.60. The second-order valence-electron chi connectivity index (χ2n) is 7.00. The van der Waals surface area contributed by atoms with Gasteiger partial charge in [0, 0.05) is 29.7 Å². The van der Waals surface area contributed by atoms with E-state index in [1.807, 2.05) is 56.3 Å². The van der Waals surface area contributed by atoms with Gasteiger partial charge in [-0.3, -0.25) is 9.59 Å². The van der Waals surface area contributed by atoms with Crippen molar-refractivity contribution in [2.24, 2.45) is 0 Å². The Bertz CT molecular complexity index is 998. The molecule has 0 saturated heterocycles. The lowest BCUT2D eigenvalue weighted by Crippen LogP contribution is -2.26. The highest BCUT2D eigenvalue weighted by Crippen LogP contribution is 2.18. The predicted octanol–water partition coefficient (Wildman–Crippen LogP) is 4.63. The Morgan fingerprint density at radius 3 is 2.24 bits per heavy atom. The molecule has 0 radical (unpaired) electrons. The summed E-state index contributed by atoms with van der Waals surface area (Å²) in [4.78, 5) is 26.4. The smallest absolute Gasteiger partial charge is 0.258 e. The van der Waals surface area contributed by atoms with Crippen LogP contribution in [0.2, 0.25) is 0 Å². The number of nitrogens with zero attached hydrogens (tertiary/aromatic N) is 1. The number of para-hydroxylation sites is 1. The van der Waals surface area contributed by atoms with Gasteiger partial charge < -0.3 is 15.5 Å². The minimum atomic E-state index is -0.148. The highest BCUT2D eigenvalue weighted by Gasteiger charge is 2.13. The highest BCUT2D eigenvalue weighted by molar-refractivity contribution is 6.06. The van der Waals surface area contributed by atoms with Crippen LogP contribution in [0, 0.1) is 13.8 Å². The van der Waals surface area contributed by atoms with E-state index in [2.05, 4.69) is 16.7 Å². The summed E-state index contributed by atoms with van der Waals surface area (Å²) in [6.07, 6.45) is 0. The third-order valence-electron chi connectivity index (χ3n) is 4.69. The molecule has 0 atom stereocenters. The lowest BCUT2D eigenvalue weighted by molar-refractivity contribution is -0.114. The van der Waals surface area contributed by atoms with Crippen LogP contribution in [0.3, 0.4) is 0 Å². The number of benzene rings is 3. The molecule has 0 bridgehead atoms. The van der Waals surface area contributed by atoms with Crippen LogP contribution in [0.1, 0.15) is 21.5 Å². The SMILES string of the molecule is Cc1ccc(NCC(=O)Nc2ccc(C(=O)N(C)c3ccccc3)cc2)c(C)c1. The van der Waals surface area contributed by atoms with E-state index in [0.29, 0.717) is 11.3 Å². The molecule has 0 aromatic heterocycles. The van der Waals surface area contributed by atoms with Crippen LogP contribution in [-0.4, -0.2) is 25.4 Å². The maximum absolute atomic E-state index is 12.6. The van der Waals surface area contributed by atoms with Gasteiger partial charge in [0.25, 0.3) is 5.91 Å². The molecular weight excluding hydrogens is 362 g/mol. The Labute approximate surface area is 171 Å². The quantitative estimate of drug-likeness (QED) is 0.648. The Morgan fingerprint density at radius 2 is 1.59 bits per heavy atom. The van der Waals surface area contributed by atoms with Gasteiger partial charge in [-0.25, -0.2) is 0 Å². The Kier molecular flexibility index (Phi) is 6.29. The Balaban J connectivity index is 1.57. The zero-order valence-corrected chi connectivity index (χ0v) is 16.9. The topological polar surface area (TPSA) is 61.4 Å². The summed E-state index contributed by atoms with van der Waals surface area (Å²) < 4.78 is 0. The van der Waals surface area contributed by atoms with Crippen LogP contribution in [0.25, 0.3) is 0 Å². The predicted molar refractivity (Wildman–Crippen MR) is 119 cm³/mol. The van der Waals surface area contributed by atoms with Gasteiger partial charge in [0.1, 0.15) is 0 Å². The molecule has 0 heterocycles. The fourth-order valence-corrected chi connectivity index (χ4v) is 3.05. The van der Waals surface area contributed by atoms with Gasteiger partial charge in [0.15, 0.2) is 0 Å². The monoisotopic (exact) mass is 387 g/mol. The van der Waals surface area contributed by atoms with Crippen LogP contribution < -0.4 is 15.5 Å². The summed E-state index contributed by atoms with van der Waals surface area (Å²) >= 11 is 0. The molecule has 3 aromatic rings. The molecule has 0 aliphatic heterocycles. The first-order valence-electron chi connectivity index (χ1n) is 9.48. The zero-order chi connectivity index (χ0) is 20.8. The van der Waals surface area contributed by atoms with Crippen molar-refractivity contribution in [3.05, 3.63) is 89.5 Å². The lowest BCUT2D eigenvalue weighted by atomic mass is 10.1. The molecule has 2 N–H and O–H groups in total. The molecule has 0 fully saturated rings. The van der Waals surface area contributed by atoms with Crippen LogP contribution in [-0.2, 0) is 4.79 Å². The van der Waals surface area contributed by atoms with Gasteiger partial charge >= 0.3 is 0 Å². The number of nitrogens with one attached hydrogen (secondary N) is 2. The first-order valence-corrected chi connectivity index (χ1v) is 9.48. The number of amides is 2. The minimum absolute atomic E-state index is 0.106. The van der Waals surface area contributed by atoms with Gasteiger partial charge in [0.05, 0.1) is 6.54 Å². The van der Waals surface area contributed by atoms with E-state index in [9.17, 15) is 9.59 Å². The maximum atomic E-state index is 12.6. The lowest BCUT2D eigenvalue weighted by Gasteiger charge is -2.17. The summed E-state index contributed by atoms with van der Waals surface area (Å²) in [5.74, 6) is -0.254. The van der Waals surface area contributed by atoms with Crippen molar-refractivity contribution in [3.8, 4) is 0 Å². The van der Waals surface area contributed by atoms with E-state index in [0.717, 1.165) is 16.9 Å². The van der Waals surface area contributed by atoms with Crippen molar-refractivity contribution in [2.45, 2.75) is 13.8 Å². The fourth-order valence-electron chi connectivity index (χ4n) is 3.05. The van der Waals surface area contributed by atoms with Crippen LogP contribution in [0.5, 0.6) is 0 Å². The number of anilines is 3. The van der Waals surface area contributed by atoms with Gasteiger partial charge in [-0.2, -0.15) is 0 Å². The summed E-state index contributed by atoms with van der Waals surface area (Å²) in [6.45, 7) is 4.21. The van der Waals surface area contributed by atoms with Gasteiger partial charge in [0.2, 0.25) is 5.91 Å². The van der Waals surface area contributed by atoms with Gasteiger partial charge in [-0.05, 0) is 61.9 Å². The summed E-state index contributed by atoms with van der Waals surface area (Å²) in [7, 11) is 1.74. The summed E-state index contributed by atoms with van der Waals surface area (Å²) in [5, 5.41) is 5.99. The van der Waals surface area contributed by atoms with Crippen LogP contribution in [0.4, 0.5) is 17.1 Å². The largest absolute Gasteiger partial charge is 0.376 e.